The molecule has 1 aliphatic heterocycles. The van der Waals surface area contributed by atoms with Crippen molar-refractivity contribution >= 4 is 16.7 Å². The zero-order valence-electron chi connectivity index (χ0n) is 12.1. The molecule has 1 aliphatic rings. The molecule has 0 atom stereocenters. The van der Waals surface area contributed by atoms with Crippen molar-refractivity contribution in [3.63, 3.8) is 0 Å². The molecule has 20 heavy (non-hydrogen) atoms. The largest absolute Gasteiger partial charge is 0.369 e. The van der Waals surface area contributed by atoms with E-state index in [1.165, 1.54) is 5.69 Å². The number of nitrogens with zero attached hydrogens (tertiary/aromatic N) is 3. The van der Waals surface area contributed by atoms with E-state index in [0.717, 1.165) is 56.0 Å². The molecular formula is C15H23N5. The highest BCUT2D eigenvalue weighted by Gasteiger charge is 2.16. The van der Waals surface area contributed by atoms with Gasteiger partial charge in [0.25, 0.3) is 0 Å². The molecule has 0 spiro atoms. The van der Waals surface area contributed by atoms with Crippen molar-refractivity contribution in [2.75, 3.05) is 44.2 Å². The molecule has 108 valence electrons. The van der Waals surface area contributed by atoms with Crippen LogP contribution < -0.4 is 10.6 Å². The molecule has 3 N–H and O–H groups in total. The monoisotopic (exact) mass is 273 g/mol. The van der Waals surface area contributed by atoms with Crippen LogP contribution in [0.4, 0.5) is 5.69 Å². The van der Waals surface area contributed by atoms with Gasteiger partial charge in [-0.15, -0.1) is 0 Å². The van der Waals surface area contributed by atoms with Crippen LogP contribution in [0.1, 0.15) is 12.7 Å². The zero-order chi connectivity index (χ0) is 13.9. The molecule has 5 nitrogen and oxygen atoms in total. The van der Waals surface area contributed by atoms with E-state index in [1.807, 2.05) is 0 Å². The summed E-state index contributed by atoms with van der Waals surface area (Å²) in [4.78, 5) is 12.9. The van der Waals surface area contributed by atoms with E-state index in [0.29, 0.717) is 6.54 Å². The third-order valence-electron chi connectivity index (χ3n) is 4.08. The number of likely N-dealkylation sites (N-methyl/N-ethyl adjacent to an activating group) is 1. The Labute approximate surface area is 119 Å². The first-order valence-corrected chi connectivity index (χ1v) is 7.46. The summed E-state index contributed by atoms with van der Waals surface area (Å²) >= 11 is 0. The molecule has 2 aromatic rings. The zero-order valence-corrected chi connectivity index (χ0v) is 12.1. The molecule has 0 radical (unpaired) electrons. The van der Waals surface area contributed by atoms with E-state index in [-0.39, 0.29) is 0 Å². The summed E-state index contributed by atoms with van der Waals surface area (Å²) in [6, 6.07) is 6.49. The summed E-state index contributed by atoms with van der Waals surface area (Å²) in [7, 11) is 0. The SMILES string of the molecule is CCN1CCN(c2ccc3nc(CCN)[nH]c3c2)CC1. The molecule has 1 saturated heterocycles. The van der Waals surface area contributed by atoms with Crippen molar-refractivity contribution in [1.29, 1.82) is 0 Å². The van der Waals surface area contributed by atoms with Gasteiger partial charge < -0.3 is 20.5 Å². The number of H-pyrrole nitrogens is 1. The normalized spacial score (nSPS) is 17.0. The quantitative estimate of drug-likeness (QED) is 0.879. The second-order valence-electron chi connectivity index (χ2n) is 5.34. The van der Waals surface area contributed by atoms with Crippen LogP contribution in [0.5, 0.6) is 0 Å². The maximum Gasteiger partial charge on any atom is 0.108 e. The van der Waals surface area contributed by atoms with Crippen molar-refractivity contribution in [3.8, 4) is 0 Å². The summed E-state index contributed by atoms with van der Waals surface area (Å²) in [5.74, 6) is 0.982. The highest BCUT2D eigenvalue weighted by atomic mass is 15.3. The van der Waals surface area contributed by atoms with Gasteiger partial charge in [0.2, 0.25) is 0 Å². The molecular weight excluding hydrogens is 250 g/mol. The Morgan fingerprint density at radius 2 is 2.05 bits per heavy atom. The predicted octanol–water partition coefficient (Wildman–Crippen LogP) is 1.21. The lowest BCUT2D eigenvalue weighted by atomic mass is 10.2. The minimum Gasteiger partial charge on any atom is -0.369 e. The Kier molecular flexibility index (Phi) is 3.89. The van der Waals surface area contributed by atoms with Crippen molar-refractivity contribution < 1.29 is 0 Å². The minimum atomic E-state index is 0.631. The first kappa shape index (κ1) is 13.4. The molecule has 5 heteroatoms. The molecule has 1 fully saturated rings. The van der Waals surface area contributed by atoms with Gasteiger partial charge in [0.1, 0.15) is 5.82 Å². The number of anilines is 1. The predicted molar refractivity (Wildman–Crippen MR) is 83.2 cm³/mol. The summed E-state index contributed by atoms with van der Waals surface area (Å²) < 4.78 is 0. The lowest BCUT2D eigenvalue weighted by Gasteiger charge is -2.35. The van der Waals surface area contributed by atoms with Crippen LogP contribution in [-0.4, -0.2) is 54.1 Å². The Morgan fingerprint density at radius 3 is 2.75 bits per heavy atom. The molecule has 2 heterocycles. The smallest absolute Gasteiger partial charge is 0.108 e. The number of aromatic nitrogens is 2. The summed E-state index contributed by atoms with van der Waals surface area (Å²) in [5, 5.41) is 0. The van der Waals surface area contributed by atoms with Crippen molar-refractivity contribution in [2.24, 2.45) is 5.73 Å². The topological polar surface area (TPSA) is 61.2 Å². The number of imidazole rings is 1. The minimum absolute atomic E-state index is 0.631. The van der Waals surface area contributed by atoms with Crippen LogP contribution in [0.15, 0.2) is 18.2 Å². The molecule has 0 bridgehead atoms. The maximum absolute atomic E-state index is 5.58. The Hall–Kier alpha value is -1.59. The van der Waals surface area contributed by atoms with E-state index in [2.05, 4.69) is 44.9 Å². The fraction of sp³-hybridized carbons (Fsp3) is 0.533. The van der Waals surface area contributed by atoms with Crippen LogP contribution in [0.3, 0.4) is 0 Å². The van der Waals surface area contributed by atoms with Gasteiger partial charge in [-0.25, -0.2) is 4.98 Å². The van der Waals surface area contributed by atoms with Crippen LogP contribution >= 0.6 is 0 Å². The number of rotatable bonds is 4. The summed E-state index contributed by atoms with van der Waals surface area (Å²) in [6.45, 7) is 8.50. The lowest BCUT2D eigenvalue weighted by Crippen LogP contribution is -2.46. The Morgan fingerprint density at radius 1 is 1.25 bits per heavy atom. The second kappa shape index (κ2) is 5.81. The molecule has 0 amide bonds. The van der Waals surface area contributed by atoms with E-state index < -0.39 is 0 Å². The van der Waals surface area contributed by atoms with Crippen LogP contribution in [0, 0.1) is 0 Å². The highest BCUT2D eigenvalue weighted by molar-refractivity contribution is 5.79. The van der Waals surface area contributed by atoms with Crippen LogP contribution in [-0.2, 0) is 6.42 Å². The van der Waals surface area contributed by atoms with E-state index in [9.17, 15) is 0 Å². The fourth-order valence-corrected chi connectivity index (χ4v) is 2.82. The number of aromatic amines is 1. The number of fused-ring (bicyclic) bond motifs is 1. The van der Waals surface area contributed by atoms with Gasteiger partial charge in [-0.2, -0.15) is 0 Å². The van der Waals surface area contributed by atoms with Crippen LogP contribution in [0.25, 0.3) is 11.0 Å². The Bertz CT molecular complexity index is 569. The number of nitrogens with one attached hydrogen (secondary N) is 1. The van der Waals surface area contributed by atoms with Gasteiger partial charge in [-0.05, 0) is 31.3 Å². The number of nitrogens with two attached hydrogens (primary N) is 1. The highest BCUT2D eigenvalue weighted by Crippen LogP contribution is 2.22. The average Bonchev–Trinajstić information content (AvgIpc) is 2.89. The summed E-state index contributed by atoms with van der Waals surface area (Å²) in [5.41, 5.74) is 9.02. The first-order valence-electron chi connectivity index (χ1n) is 7.46. The Balaban J connectivity index is 1.78. The summed E-state index contributed by atoms with van der Waals surface area (Å²) in [6.07, 6.45) is 0.805. The van der Waals surface area contributed by atoms with Crippen molar-refractivity contribution in [1.82, 2.24) is 14.9 Å². The molecule has 0 saturated carbocycles. The molecule has 1 aromatic carbocycles. The van der Waals surface area contributed by atoms with E-state index in [1.54, 1.807) is 0 Å². The maximum atomic E-state index is 5.58. The van der Waals surface area contributed by atoms with Gasteiger partial charge in [0.05, 0.1) is 11.0 Å². The van der Waals surface area contributed by atoms with Gasteiger partial charge in [0.15, 0.2) is 0 Å². The fourth-order valence-electron chi connectivity index (χ4n) is 2.82. The average molecular weight is 273 g/mol. The third-order valence-corrected chi connectivity index (χ3v) is 4.08. The number of benzene rings is 1. The lowest BCUT2D eigenvalue weighted by molar-refractivity contribution is 0.271. The van der Waals surface area contributed by atoms with Crippen molar-refractivity contribution in [2.45, 2.75) is 13.3 Å². The van der Waals surface area contributed by atoms with Gasteiger partial charge in [-0.1, -0.05) is 6.92 Å². The molecule has 3 rings (SSSR count). The number of piperazine rings is 1. The number of hydrogen-bond donors (Lipinski definition) is 2. The standard InChI is InChI=1S/C15H23N5/c1-2-19-7-9-20(10-8-19)12-3-4-13-14(11-12)18-15(17-13)5-6-16/h3-4,11H,2,5-10,16H2,1H3,(H,17,18). The van der Waals surface area contributed by atoms with Gasteiger partial charge in [-0.3, -0.25) is 0 Å². The van der Waals surface area contributed by atoms with Gasteiger partial charge in [0, 0.05) is 38.3 Å². The van der Waals surface area contributed by atoms with Gasteiger partial charge >= 0.3 is 0 Å². The van der Waals surface area contributed by atoms with Crippen molar-refractivity contribution in [3.05, 3.63) is 24.0 Å². The van der Waals surface area contributed by atoms with Crippen LogP contribution in [0.2, 0.25) is 0 Å². The third kappa shape index (κ3) is 2.64. The molecule has 1 aromatic heterocycles. The molecule has 0 aliphatic carbocycles. The van der Waals surface area contributed by atoms with E-state index in [4.69, 9.17) is 5.73 Å². The first-order chi connectivity index (χ1) is 9.80. The number of hydrogen-bond acceptors (Lipinski definition) is 4. The van der Waals surface area contributed by atoms with E-state index >= 15 is 0 Å². The second-order valence-corrected chi connectivity index (χ2v) is 5.34. The molecule has 0 unspecified atom stereocenters.